The lowest BCUT2D eigenvalue weighted by molar-refractivity contribution is -0.384. The topological polar surface area (TPSA) is 110 Å². The van der Waals surface area contributed by atoms with Gasteiger partial charge in [-0.05, 0) is 23.8 Å². The van der Waals surface area contributed by atoms with E-state index in [-0.39, 0.29) is 23.4 Å². The van der Waals surface area contributed by atoms with E-state index in [0.717, 1.165) is 17.0 Å². The zero-order valence-corrected chi connectivity index (χ0v) is 13.3. The van der Waals surface area contributed by atoms with Crippen LogP contribution >= 0.6 is 0 Å². The summed E-state index contributed by atoms with van der Waals surface area (Å²) in [5.41, 5.74) is 0.257. The van der Waals surface area contributed by atoms with Gasteiger partial charge in [-0.3, -0.25) is 29.4 Å². The first kappa shape index (κ1) is 17.2. The van der Waals surface area contributed by atoms with E-state index < -0.39 is 35.0 Å². The molecule has 2 aromatic carbocycles. The molecule has 0 aliphatic carbocycles. The number of nitro groups is 1. The van der Waals surface area contributed by atoms with Crippen molar-refractivity contribution < 1.29 is 23.7 Å². The Bertz CT molecular complexity index is 926. The number of benzene rings is 2. The van der Waals surface area contributed by atoms with Crippen LogP contribution in [-0.2, 0) is 11.3 Å². The van der Waals surface area contributed by atoms with Crippen molar-refractivity contribution in [2.45, 2.75) is 6.54 Å². The normalized spacial score (nSPS) is 12.9. The highest BCUT2D eigenvalue weighted by Gasteiger charge is 2.37. The lowest BCUT2D eigenvalue weighted by atomic mass is 10.1. The minimum Gasteiger partial charge on any atom is -0.350 e. The number of nitrogens with one attached hydrogen (secondary N) is 1. The van der Waals surface area contributed by atoms with E-state index in [4.69, 9.17) is 0 Å². The van der Waals surface area contributed by atoms with Crippen molar-refractivity contribution in [2.75, 3.05) is 6.54 Å². The molecule has 0 bridgehead atoms. The maximum absolute atomic E-state index is 12.8. The van der Waals surface area contributed by atoms with Crippen LogP contribution in [-0.4, -0.2) is 34.1 Å². The summed E-state index contributed by atoms with van der Waals surface area (Å²) in [7, 11) is 0. The fraction of sp³-hybridized carbons (Fsp3) is 0.118. The highest BCUT2D eigenvalue weighted by atomic mass is 19.1. The highest BCUT2D eigenvalue weighted by molar-refractivity contribution is 6.22. The number of carbonyl (C=O) groups excluding carboxylic acids is 3. The van der Waals surface area contributed by atoms with E-state index in [0.29, 0.717) is 5.56 Å². The van der Waals surface area contributed by atoms with Gasteiger partial charge in [0.2, 0.25) is 5.91 Å². The molecule has 3 rings (SSSR count). The summed E-state index contributed by atoms with van der Waals surface area (Å²) in [6, 6.07) is 8.84. The van der Waals surface area contributed by atoms with Crippen LogP contribution in [0.2, 0.25) is 0 Å². The van der Waals surface area contributed by atoms with Crippen LogP contribution in [0.1, 0.15) is 26.3 Å². The molecular weight excluding hydrogens is 345 g/mol. The Morgan fingerprint density at radius 2 is 1.73 bits per heavy atom. The number of hydrogen-bond donors (Lipinski definition) is 1. The number of hydrogen-bond acceptors (Lipinski definition) is 5. The van der Waals surface area contributed by atoms with Gasteiger partial charge < -0.3 is 5.32 Å². The fourth-order valence-corrected chi connectivity index (χ4v) is 2.54. The Morgan fingerprint density at radius 3 is 2.38 bits per heavy atom. The summed E-state index contributed by atoms with van der Waals surface area (Å²) in [5, 5.41) is 13.3. The number of halogens is 1. The Balaban J connectivity index is 1.67. The summed E-state index contributed by atoms with van der Waals surface area (Å²) in [6.45, 7) is -0.408. The molecule has 0 spiro atoms. The van der Waals surface area contributed by atoms with Crippen molar-refractivity contribution in [3.63, 3.8) is 0 Å². The van der Waals surface area contributed by atoms with Crippen molar-refractivity contribution >= 4 is 23.4 Å². The molecule has 0 fully saturated rings. The molecule has 1 aliphatic heterocycles. The van der Waals surface area contributed by atoms with Gasteiger partial charge in [-0.2, -0.15) is 0 Å². The largest absolute Gasteiger partial charge is 0.350 e. The molecule has 0 saturated heterocycles. The van der Waals surface area contributed by atoms with Gasteiger partial charge in [-0.1, -0.05) is 12.1 Å². The quantitative estimate of drug-likeness (QED) is 0.497. The van der Waals surface area contributed by atoms with Gasteiger partial charge in [0.1, 0.15) is 12.4 Å². The molecule has 26 heavy (non-hydrogen) atoms. The summed E-state index contributed by atoms with van der Waals surface area (Å²) in [5.74, 6) is -2.43. The first-order valence-electron chi connectivity index (χ1n) is 7.52. The molecule has 1 N–H and O–H groups in total. The smallest absolute Gasteiger partial charge is 0.270 e. The Morgan fingerprint density at radius 1 is 1.08 bits per heavy atom. The molecule has 8 nitrogen and oxygen atoms in total. The van der Waals surface area contributed by atoms with Crippen molar-refractivity contribution in [3.8, 4) is 0 Å². The maximum atomic E-state index is 12.8. The van der Waals surface area contributed by atoms with Gasteiger partial charge in [0.05, 0.1) is 16.1 Å². The fourth-order valence-electron chi connectivity index (χ4n) is 2.54. The predicted octanol–water partition coefficient (Wildman–Crippen LogP) is 1.65. The summed E-state index contributed by atoms with van der Waals surface area (Å²) < 4.78 is 12.8. The minimum atomic E-state index is -0.759. The first-order chi connectivity index (χ1) is 12.4. The number of rotatable bonds is 5. The highest BCUT2D eigenvalue weighted by Crippen LogP contribution is 2.26. The summed E-state index contributed by atoms with van der Waals surface area (Å²) >= 11 is 0. The van der Waals surface area contributed by atoms with E-state index >= 15 is 0 Å². The second kappa shape index (κ2) is 6.71. The van der Waals surface area contributed by atoms with Crippen LogP contribution in [0.25, 0.3) is 0 Å². The monoisotopic (exact) mass is 357 g/mol. The van der Waals surface area contributed by atoms with Crippen molar-refractivity contribution in [1.29, 1.82) is 0 Å². The maximum Gasteiger partial charge on any atom is 0.270 e. The van der Waals surface area contributed by atoms with E-state index in [2.05, 4.69) is 5.32 Å². The first-order valence-corrected chi connectivity index (χ1v) is 7.52. The minimum absolute atomic E-state index is 0.0203. The zero-order valence-electron chi connectivity index (χ0n) is 13.3. The molecule has 0 saturated carbocycles. The molecular formula is C17H12FN3O5. The SMILES string of the molecule is O=C(CN1C(=O)c2ccc([N+](=O)[O-])cc2C1=O)NCc1ccc(F)cc1. The van der Waals surface area contributed by atoms with E-state index in [9.17, 15) is 28.9 Å². The standard InChI is InChI=1S/C17H12FN3O5/c18-11-3-1-10(2-4-11)8-19-15(22)9-20-16(23)13-6-5-12(21(25)26)7-14(13)17(20)24/h1-7H,8-9H2,(H,19,22). The Kier molecular flexibility index (Phi) is 4.44. The van der Waals surface area contributed by atoms with Crippen molar-refractivity contribution in [3.05, 3.63) is 75.1 Å². The number of amides is 3. The van der Waals surface area contributed by atoms with Crippen LogP contribution in [0.4, 0.5) is 10.1 Å². The lowest BCUT2D eigenvalue weighted by Crippen LogP contribution is -2.40. The predicted molar refractivity (Wildman–Crippen MR) is 86.7 cm³/mol. The van der Waals surface area contributed by atoms with Crippen LogP contribution in [0.15, 0.2) is 42.5 Å². The second-order valence-corrected chi connectivity index (χ2v) is 5.59. The number of nitrogens with zero attached hydrogens (tertiary/aromatic N) is 2. The summed E-state index contributed by atoms with van der Waals surface area (Å²) in [6.07, 6.45) is 0. The number of nitro benzene ring substituents is 1. The number of carbonyl (C=O) groups is 3. The average molecular weight is 357 g/mol. The summed E-state index contributed by atoms with van der Waals surface area (Å²) in [4.78, 5) is 47.4. The van der Waals surface area contributed by atoms with Gasteiger partial charge in [-0.15, -0.1) is 0 Å². The van der Waals surface area contributed by atoms with Gasteiger partial charge >= 0.3 is 0 Å². The van der Waals surface area contributed by atoms with E-state index in [1.165, 1.54) is 30.3 Å². The second-order valence-electron chi connectivity index (χ2n) is 5.59. The average Bonchev–Trinajstić information content (AvgIpc) is 2.85. The third kappa shape index (κ3) is 3.27. The lowest BCUT2D eigenvalue weighted by Gasteiger charge is -2.13. The van der Waals surface area contributed by atoms with Crippen LogP contribution in [0.3, 0.4) is 0 Å². The molecule has 9 heteroatoms. The van der Waals surface area contributed by atoms with Crippen molar-refractivity contribution in [2.24, 2.45) is 0 Å². The molecule has 0 radical (unpaired) electrons. The third-order valence-corrected chi connectivity index (χ3v) is 3.87. The van der Waals surface area contributed by atoms with Crippen LogP contribution < -0.4 is 5.32 Å². The molecule has 1 heterocycles. The van der Waals surface area contributed by atoms with Gasteiger partial charge in [0.25, 0.3) is 17.5 Å². The number of non-ortho nitro benzene ring substituents is 1. The molecule has 132 valence electrons. The molecule has 0 unspecified atom stereocenters. The Hall–Kier alpha value is -3.62. The number of imide groups is 1. The van der Waals surface area contributed by atoms with Gasteiger partial charge in [0.15, 0.2) is 0 Å². The molecule has 0 atom stereocenters. The Labute approximate surface area is 146 Å². The molecule has 3 amide bonds. The van der Waals surface area contributed by atoms with Crippen LogP contribution in [0, 0.1) is 15.9 Å². The third-order valence-electron chi connectivity index (χ3n) is 3.87. The number of fused-ring (bicyclic) bond motifs is 1. The van der Waals surface area contributed by atoms with E-state index in [1.54, 1.807) is 0 Å². The zero-order chi connectivity index (χ0) is 18.8. The molecule has 0 aromatic heterocycles. The molecule has 2 aromatic rings. The van der Waals surface area contributed by atoms with E-state index in [1.807, 2.05) is 0 Å². The molecule has 1 aliphatic rings. The van der Waals surface area contributed by atoms with Crippen molar-refractivity contribution in [1.82, 2.24) is 10.2 Å². The van der Waals surface area contributed by atoms with Gasteiger partial charge in [0, 0.05) is 18.7 Å². The van der Waals surface area contributed by atoms with Crippen LogP contribution in [0.5, 0.6) is 0 Å². The van der Waals surface area contributed by atoms with Gasteiger partial charge in [-0.25, -0.2) is 4.39 Å².